The first-order valence-electron chi connectivity index (χ1n) is 10.5. The van der Waals surface area contributed by atoms with Gasteiger partial charge in [0, 0.05) is 32.4 Å². The van der Waals surface area contributed by atoms with Gasteiger partial charge in [-0.2, -0.15) is 0 Å². The molecule has 32 heavy (non-hydrogen) atoms. The third-order valence-electron chi connectivity index (χ3n) is 5.82. The van der Waals surface area contributed by atoms with Crippen molar-refractivity contribution in [3.05, 3.63) is 64.5 Å². The van der Waals surface area contributed by atoms with E-state index in [0.717, 1.165) is 13.1 Å². The van der Waals surface area contributed by atoms with E-state index in [1.807, 2.05) is 0 Å². The Morgan fingerprint density at radius 3 is 2.66 bits per heavy atom. The van der Waals surface area contributed by atoms with E-state index in [0.29, 0.717) is 36.8 Å². The van der Waals surface area contributed by atoms with Crippen LogP contribution in [-0.4, -0.2) is 76.0 Å². The standard InChI is InChI=1S/C23H25FN4O4/c1-14-18(13-25-15(2)26-14)21(29)19-20(16-4-3-5-17(24)12-16)28(23(31)22(19)30)7-6-27-8-10-32-11-9-27/h3-5,12-13,20,29H,6-11H2,1-2H3/t20-/m1/s1. The van der Waals surface area contributed by atoms with E-state index in [1.165, 1.54) is 29.3 Å². The minimum Gasteiger partial charge on any atom is -0.507 e. The topological polar surface area (TPSA) is 95.9 Å². The van der Waals surface area contributed by atoms with Gasteiger partial charge in [-0.15, -0.1) is 0 Å². The molecule has 1 N–H and O–H groups in total. The smallest absolute Gasteiger partial charge is 0.295 e. The van der Waals surface area contributed by atoms with Crippen LogP contribution in [0.3, 0.4) is 0 Å². The lowest BCUT2D eigenvalue weighted by Gasteiger charge is -2.31. The van der Waals surface area contributed by atoms with Gasteiger partial charge in [0.25, 0.3) is 11.7 Å². The van der Waals surface area contributed by atoms with Crippen LogP contribution in [0.25, 0.3) is 5.76 Å². The van der Waals surface area contributed by atoms with Gasteiger partial charge in [0.2, 0.25) is 0 Å². The quantitative estimate of drug-likeness (QED) is 0.432. The molecule has 1 amide bonds. The number of aromatic nitrogens is 2. The molecule has 2 saturated heterocycles. The molecule has 0 saturated carbocycles. The van der Waals surface area contributed by atoms with Crippen LogP contribution < -0.4 is 0 Å². The summed E-state index contributed by atoms with van der Waals surface area (Å²) >= 11 is 0. The molecule has 0 bridgehead atoms. The zero-order valence-electron chi connectivity index (χ0n) is 18.0. The number of hydrogen-bond donors (Lipinski definition) is 1. The molecular formula is C23H25FN4O4. The van der Waals surface area contributed by atoms with Crippen molar-refractivity contribution in [3.8, 4) is 0 Å². The summed E-state index contributed by atoms with van der Waals surface area (Å²) in [5, 5.41) is 11.1. The second-order valence-corrected chi connectivity index (χ2v) is 7.92. The lowest BCUT2D eigenvalue weighted by molar-refractivity contribution is -0.140. The van der Waals surface area contributed by atoms with Crippen LogP contribution in [0.1, 0.15) is 28.7 Å². The number of nitrogens with zero attached hydrogens (tertiary/aromatic N) is 4. The first-order chi connectivity index (χ1) is 15.4. The molecule has 1 atom stereocenters. The molecule has 0 aliphatic carbocycles. The minimum atomic E-state index is -0.910. The summed E-state index contributed by atoms with van der Waals surface area (Å²) in [4.78, 5) is 37.9. The van der Waals surface area contributed by atoms with Crippen molar-refractivity contribution in [3.63, 3.8) is 0 Å². The van der Waals surface area contributed by atoms with Gasteiger partial charge in [0.15, 0.2) is 0 Å². The third-order valence-corrected chi connectivity index (χ3v) is 5.82. The molecule has 2 aliphatic rings. The van der Waals surface area contributed by atoms with Gasteiger partial charge in [-0.1, -0.05) is 12.1 Å². The molecule has 1 aromatic heterocycles. The molecule has 2 aliphatic heterocycles. The number of aliphatic hydroxyl groups is 1. The molecule has 2 aromatic rings. The summed E-state index contributed by atoms with van der Waals surface area (Å²) in [7, 11) is 0. The molecule has 168 valence electrons. The largest absolute Gasteiger partial charge is 0.507 e. The molecule has 0 unspecified atom stereocenters. The summed E-state index contributed by atoms with van der Waals surface area (Å²) in [6.45, 7) is 6.88. The van der Waals surface area contributed by atoms with E-state index in [2.05, 4.69) is 14.9 Å². The number of hydrogen-bond acceptors (Lipinski definition) is 7. The number of rotatable bonds is 5. The summed E-state index contributed by atoms with van der Waals surface area (Å²) in [6, 6.07) is 4.83. The first-order valence-corrected chi connectivity index (χ1v) is 10.5. The fraction of sp³-hybridized carbons (Fsp3) is 0.391. The van der Waals surface area contributed by atoms with Gasteiger partial charge in [-0.3, -0.25) is 14.5 Å². The molecule has 1 aromatic carbocycles. The van der Waals surface area contributed by atoms with Crippen LogP contribution in [0.15, 0.2) is 36.0 Å². The van der Waals surface area contributed by atoms with Gasteiger partial charge in [0.1, 0.15) is 17.4 Å². The van der Waals surface area contributed by atoms with Crippen molar-refractivity contribution in [1.29, 1.82) is 0 Å². The second-order valence-electron chi connectivity index (χ2n) is 7.92. The lowest BCUT2D eigenvalue weighted by Crippen LogP contribution is -2.42. The number of carbonyl (C=O) groups is 2. The SMILES string of the molecule is Cc1ncc(C(O)=C2C(=O)C(=O)N(CCN3CCOCC3)[C@@H]2c2cccc(F)c2)c(C)n1. The van der Waals surface area contributed by atoms with Crippen LogP contribution in [0, 0.1) is 19.7 Å². The highest BCUT2D eigenvalue weighted by molar-refractivity contribution is 6.46. The predicted molar refractivity (Wildman–Crippen MR) is 114 cm³/mol. The first kappa shape index (κ1) is 22.0. The number of halogens is 1. The minimum absolute atomic E-state index is 0.0851. The molecule has 2 fully saturated rings. The van der Waals surface area contributed by atoms with E-state index < -0.39 is 23.5 Å². The zero-order chi connectivity index (χ0) is 22.8. The van der Waals surface area contributed by atoms with Gasteiger partial charge in [-0.05, 0) is 31.5 Å². The fourth-order valence-corrected chi connectivity index (χ4v) is 4.17. The maximum absolute atomic E-state index is 14.1. The Kier molecular flexibility index (Phi) is 6.29. The van der Waals surface area contributed by atoms with Crippen LogP contribution >= 0.6 is 0 Å². The van der Waals surface area contributed by atoms with Crippen LogP contribution in [0.5, 0.6) is 0 Å². The van der Waals surface area contributed by atoms with Crippen molar-refractivity contribution >= 4 is 17.4 Å². The fourth-order valence-electron chi connectivity index (χ4n) is 4.17. The highest BCUT2D eigenvalue weighted by Crippen LogP contribution is 2.39. The highest BCUT2D eigenvalue weighted by Gasteiger charge is 2.46. The highest BCUT2D eigenvalue weighted by atomic mass is 19.1. The monoisotopic (exact) mass is 440 g/mol. The van der Waals surface area contributed by atoms with E-state index in [-0.39, 0.29) is 23.4 Å². The molecule has 0 spiro atoms. The number of likely N-dealkylation sites (tertiary alicyclic amines) is 1. The zero-order valence-corrected chi connectivity index (χ0v) is 18.0. The maximum Gasteiger partial charge on any atom is 0.295 e. The normalized spacial score (nSPS) is 21.3. The molecule has 4 rings (SSSR count). The van der Waals surface area contributed by atoms with E-state index >= 15 is 0 Å². The summed E-state index contributed by atoms with van der Waals surface area (Å²) in [5.74, 6) is -1.86. The number of carbonyl (C=O) groups excluding carboxylic acids is 2. The van der Waals surface area contributed by atoms with Crippen molar-refractivity contribution < 1.29 is 23.8 Å². The van der Waals surface area contributed by atoms with Crippen LogP contribution in [-0.2, 0) is 14.3 Å². The number of amides is 1. The number of Topliss-reactive ketones (excluding diaryl/α,β-unsaturated/α-hetero) is 1. The molecular weight excluding hydrogens is 415 g/mol. The summed E-state index contributed by atoms with van der Waals surface area (Å²) < 4.78 is 19.4. The Labute approximate surface area is 185 Å². The van der Waals surface area contributed by atoms with Crippen molar-refractivity contribution in [2.24, 2.45) is 0 Å². The van der Waals surface area contributed by atoms with Gasteiger partial charge in [0.05, 0.1) is 36.1 Å². The lowest BCUT2D eigenvalue weighted by atomic mass is 9.95. The maximum atomic E-state index is 14.1. The van der Waals surface area contributed by atoms with E-state index in [9.17, 15) is 19.1 Å². The Morgan fingerprint density at radius 1 is 1.22 bits per heavy atom. The molecule has 9 heteroatoms. The summed E-state index contributed by atoms with van der Waals surface area (Å²) in [5.41, 5.74) is 1.08. The Hall–Kier alpha value is -3.17. The Balaban J connectivity index is 1.77. The van der Waals surface area contributed by atoms with Crippen molar-refractivity contribution in [1.82, 2.24) is 19.8 Å². The number of aliphatic hydroxyl groups excluding tert-OH is 1. The Bertz CT molecular complexity index is 1080. The predicted octanol–water partition coefficient (Wildman–Crippen LogP) is 1.99. The van der Waals surface area contributed by atoms with Crippen LogP contribution in [0.2, 0.25) is 0 Å². The third kappa shape index (κ3) is 4.26. The molecule has 8 nitrogen and oxygen atoms in total. The summed E-state index contributed by atoms with van der Waals surface area (Å²) in [6.07, 6.45) is 1.43. The Morgan fingerprint density at radius 2 is 1.97 bits per heavy atom. The second kappa shape index (κ2) is 9.13. The van der Waals surface area contributed by atoms with Gasteiger partial charge >= 0.3 is 0 Å². The molecule has 0 radical (unpaired) electrons. The average Bonchev–Trinajstić information content (AvgIpc) is 3.03. The number of ether oxygens (including phenoxy) is 1. The van der Waals surface area contributed by atoms with E-state index in [1.54, 1.807) is 19.9 Å². The molecule has 3 heterocycles. The van der Waals surface area contributed by atoms with E-state index in [4.69, 9.17) is 4.74 Å². The number of morpholine rings is 1. The van der Waals surface area contributed by atoms with Crippen molar-refractivity contribution in [2.45, 2.75) is 19.9 Å². The van der Waals surface area contributed by atoms with Gasteiger partial charge in [-0.25, -0.2) is 14.4 Å². The van der Waals surface area contributed by atoms with Gasteiger partial charge < -0.3 is 14.7 Å². The van der Waals surface area contributed by atoms with Crippen molar-refractivity contribution in [2.75, 3.05) is 39.4 Å². The number of benzene rings is 1. The van der Waals surface area contributed by atoms with Crippen LogP contribution in [0.4, 0.5) is 4.39 Å². The average molecular weight is 440 g/mol. The number of aryl methyl sites for hydroxylation is 2. The number of ketones is 1.